The van der Waals surface area contributed by atoms with Crippen molar-refractivity contribution in [3.05, 3.63) is 46.8 Å². The van der Waals surface area contributed by atoms with Gasteiger partial charge in [0, 0.05) is 0 Å². The largest absolute Gasteiger partial charge is 0.205 e. The van der Waals surface area contributed by atoms with Crippen LogP contribution in [0.5, 0.6) is 0 Å². The average molecular weight is 349 g/mol. The van der Waals surface area contributed by atoms with Crippen LogP contribution in [-0.4, -0.2) is 0 Å². The van der Waals surface area contributed by atoms with Crippen LogP contribution >= 0.6 is 11.6 Å². The van der Waals surface area contributed by atoms with E-state index in [4.69, 9.17) is 11.6 Å². The van der Waals surface area contributed by atoms with Crippen molar-refractivity contribution in [1.29, 1.82) is 0 Å². The second-order valence-corrected chi connectivity index (χ2v) is 8.39. The molecule has 2 aliphatic rings. The maximum atomic E-state index is 14.5. The van der Waals surface area contributed by atoms with Crippen LogP contribution in [0.15, 0.2) is 24.8 Å². The van der Waals surface area contributed by atoms with Gasteiger partial charge in [-0.2, -0.15) is 0 Å². The lowest BCUT2D eigenvalue weighted by atomic mass is 9.68. The molecule has 0 radical (unpaired) electrons. The molecule has 2 aliphatic carbocycles. The Morgan fingerprint density at radius 2 is 1.62 bits per heavy atom. The Hall–Kier alpha value is -0.820. The fraction of sp³-hybridized carbons (Fsp3) is 0.636. The zero-order valence-electron chi connectivity index (χ0n) is 14.9. The molecule has 132 valence electrons. The highest BCUT2D eigenvalue weighted by Gasteiger charge is 2.32. The first kappa shape index (κ1) is 18.0. The van der Waals surface area contributed by atoms with E-state index in [0.29, 0.717) is 10.9 Å². The first-order chi connectivity index (χ1) is 11.6. The zero-order valence-corrected chi connectivity index (χ0v) is 15.6. The highest BCUT2D eigenvalue weighted by atomic mass is 35.5. The van der Waals surface area contributed by atoms with Gasteiger partial charge in [0.05, 0.1) is 5.02 Å². The van der Waals surface area contributed by atoms with E-state index in [9.17, 15) is 4.39 Å². The molecule has 0 bridgehead atoms. The summed E-state index contributed by atoms with van der Waals surface area (Å²) < 4.78 is 14.5. The average Bonchev–Trinajstić information content (AvgIpc) is 2.61. The molecular formula is C22H30ClF. The van der Waals surface area contributed by atoms with Crippen LogP contribution in [0, 0.1) is 30.5 Å². The van der Waals surface area contributed by atoms with Crippen molar-refractivity contribution < 1.29 is 4.39 Å². The number of hydrogen-bond acceptors (Lipinski definition) is 0. The molecular weight excluding hydrogens is 319 g/mol. The molecule has 0 heterocycles. The SMILES string of the molecule is C=CCC1CCC(C2CCC(c3ccc(C)c(Cl)c3F)CC2)CC1. The molecule has 2 saturated carbocycles. The van der Waals surface area contributed by atoms with E-state index in [1.54, 1.807) is 0 Å². The predicted molar refractivity (Wildman–Crippen MR) is 101 cm³/mol. The molecule has 0 spiro atoms. The third-order valence-corrected chi connectivity index (χ3v) is 7.04. The van der Waals surface area contributed by atoms with Gasteiger partial charge < -0.3 is 0 Å². The summed E-state index contributed by atoms with van der Waals surface area (Å²) >= 11 is 6.11. The minimum atomic E-state index is -0.176. The minimum absolute atomic E-state index is 0.176. The number of hydrogen-bond donors (Lipinski definition) is 0. The van der Waals surface area contributed by atoms with Gasteiger partial charge in [0.1, 0.15) is 5.82 Å². The van der Waals surface area contributed by atoms with Crippen molar-refractivity contribution in [3.63, 3.8) is 0 Å². The number of rotatable bonds is 4. The summed E-state index contributed by atoms with van der Waals surface area (Å²) in [6.45, 7) is 5.75. The van der Waals surface area contributed by atoms with Crippen molar-refractivity contribution in [2.75, 3.05) is 0 Å². The van der Waals surface area contributed by atoms with Crippen LogP contribution in [-0.2, 0) is 0 Å². The van der Waals surface area contributed by atoms with Gasteiger partial charge in [-0.1, -0.05) is 29.8 Å². The molecule has 1 aromatic rings. The Bertz CT molecular complexity index is 564. The molecule has 0 amide bonds. The smallest absolute Gasteiger partial charge is 0.145 e. The monoisotopic (exact) mass is 348 g/mol. The Kier molecular flexibility index (Phi) is 6.02. The summed E-state index contributed by atoms with van der Waals surface area (Å²) in [6.07, 6.45) is 13.5. The van der Waals surface area contributed by atoms with E-state index in [0.717, 1.165) is 41.7 Å². The second-order valence-electron chi connectivity index (χ2n) is 8.02. The van der Waals surface area contributed by atoms with Crippen LogP contribution in [0.25, 0.3) is 0 Å². The molecule has 0 N–H and O–H groups in total. The van der Waals surface area contributed by atoms with Crippen molar-refractivity contribution in [2.45, 2.75) is 70.6 Å². The molecule has 0 saturated heterocycles. The van der Waals surface area contributed by atoms with Crippen molar-refractivity contribution in [3.8, 4) is 0 Å². The van der Waals surface area contributed by atoms with Crippen LogP contribution in [0.2, 0.25) is 5.02 Å². The Morgan fingerprint density at radius 3 is 2.21 bits per heavy atom. The van der Waals surface area contributed by atoms with Crippen molar-refractivity contribution in [1.82, 2.24) is 0 Å². The van der Waals surface area contributed by atoms with Crippen LogP contribution in [0.4, 0.5) is 4.39 Å². The van der Waals surface area contributed by atoms with E-state index >= 15 is 0 Å². The van der Waals surface area contributed by atoms with Gasteiger partial charge in [0.2, 0.25) is 0 Å². The minimum Gasteiger partial charge on any atom is -0.205 e. The quantitative estimate of drug-likeness (QED) is 0.496. The van der Waals surface area contributed by atoms with E-state index in [1.807, 2.05) is 19.1 Å². The second kappa shape index (κ2) is 8.04. The lowest BCUT2D eigenvalue weighted by Crippen LogP contribution is -2.25. The summed E-state index contributed by atoms with van der Waals surface area (Å²) in [6, 6.07) is 3.93. The van der Waals surface area contributed by atoms with Gasteiger partial charge in [-0.15, -0.1) is 6.58 Å². The van der Waals surface area contributed by atoms with Gasteiger partial charge in [0.25, 0.3) is 0 Å². The highest BCUT2D eigenvalue weighted by Crippen LogP contribution is 2.45. The molecule has 2 heteroatoms. The Morgan fingerprint density at radius 1 is 1.04 bits per heavy atom. The Balaban J connectivity index is 1.55. The summed E-state index contributed by atoms with van der Waals surface area (Å²) in [5.74, 6) is 2.81. The summed E-state index contributed by atoms with van der Waals surface area (Å²) in [5.41, 5.74) is 1.68. The van der Waals surface area contributed by atoms with Crippen LogP contribution in [0.1, 0.15) is 74.8 Å². The molecule has 0 aromatic heterocycles. The standard InChI is InChI=1S/C22H30ClF/c1-3-4-16-6-8-17(9-7-16)18-10-12-19(13-11-18)20-14-5-15(2)21(23)22(20)24/h3,5,14,16-19H,1,4,6-13H2,2H3. The van der Waals surface area contributed by atoms with Gasteiger partial charge in [-0.05, 0) is 99.5 Å². The fourth-order valence-electron chi connectivity index (χ4n) is 5.01. The summed E-state index contributed by atoms with van der Waals surface area (Å²) in [5, 5.41) is 0.315. The van der Waals surface area contributed by atoms with Gasteiger partial charge in [0.15, 0.2) is 0 Å². The van der Waals surface area contributed by atoms with Crippen LogP contribution in [0.3, 0.4) is 0 Å². The highest BCUT2D eigenvalue weighted by molar-refractivity contribution is 6.31. The number of aryl methyl sites for hydroxylation is 1. The first-order valence-corrected chi connectivity index (χ1v) is 10.0. The fourth-order valence-corrected chi connectivity index (χ4v) is 5.18. The van der Waals surface area contributed by atoms with Crippen molar-refractivity contribution >= 4 is 11.6 Å². The third-order valence-electron chi connectivity index (χ3n) is 6.58. The Labute approximate surface area is 151 Å². The maximum absolute atomic E-state index is 14.5. The predicted octanol–water partition coefficient (Wildman–Crippen LogP) is 7.44. The molecule has 3 rings (SSSR count). The van der Waals surface area contributed by atoms with Crippen LogP contribution < -0.4 is 0 Å². The molecule has 0 unspecified atom stereocenters. The summed E-state index contributed by atoms with van der Waals surface area (Å²) in [4.78, 5) is 0. The van der Waals surface area contributed by atoms with Gasteiger partial charge >= 0.3 is 0 Å². The van der Waals surface area contributed by atoms with Gasteiger partial charge in [-0.3, -0.25) is 0 Å². The third kappa shape index (κ3) is 3.87. The molecule has 2 fully saturated rings. The molecule has 0 nitrogen and oxygen atoms in total. The summed E-state index contributed by atoms with van der Waals surface area (Å²) in [7, 11) is 0. The molecule has 0 atom stereocenters. The molecule has 0 aliphatic heterocycles. The maximum Gasteiger partial charge on any atom is 0.145 e. The number of allylic oxidation sites excluding steroid dienone is 1. The van der Waals surface area contributed by atoms with E-state index in [2.05, 4.69) is 12.7 Å². The van der Waals surface area contributed by atoms with E-state index in [-0.39, 0.29) is 5.82 Å². The lowest BCUT2D eigenvalue weighted by molar-refractivity contribution is 0.160. The number of halogens is 2. The lowest BCUT2D eigenvalue weighted by Gasteiger charge is -2.38. The molecule has 1 aromatic carbocycles. The van der Waals surface area contributed by atoms with E-state index < -0.39 is 0 Å². The first-order valence-electron chi connectivity index (χ1n) is 9.65. The van der Waals surface area contributed by atoms with Crippen molar-refractivity contribution in [2.24, 2.45) is 17.8 Å². The molecule has 24 heavy (non-hydrogen) atoms. The van der Waals surface area contributed by atoms with E-state index in [1.165, 1.54) is 44.9 Å². The topological polar surface area (TPSA) is 0 Å². The zero-order chi connectivity index (χ0) is 17.1. The van der Waals surface area contributed by atoms with Gasteiger partial charge in [-0.25, -0.2) is 4.39 Å². The normalized spacial score (nSPS) is 31.0. The number of benzene rings is 1.